The third kappa shape index (κ3) is 2.89. The van der Waals surface area contributed by atoms with E-state index in [0.717, 1.165) is 11.1 Å². The van der Waals surface area contributed by atoms with E-state index < -0.39 is 11.6 Å². The minimum Gasteiger partial charge on any atom is -0.456 e. The van der Waals surface area contributed by atoms with Crippen LogP contribution in [0.5, 0.6) is 0 Å². The predicted octanol–water partition coefficient (Wildman–Crippen LogP) is 2.61. The number of carbonyl (C=O) groups is 1. The topological polar surface area (TPSA) is 81.9 Å². The molecule has 0 aliphatic carbocycles. The molecule has 1 aliphatic rings. The summed E-state index contributed by atoms with van der Waals surface area (Å²) in [7, 11) is 0. The maximum Gasteiger partial charge on any atom is 0.338 e. The first kappa shape index (κ1) is 16.2. The van der Waals surface area contributed by atoms with Gasteiger partial charge in [0.05, 0.1) is 5.57 Å². The number of allylic oxidation sites excluding steroid dienone is 1. The van der Waals surface area contributed by atoms with Crippen LogP contribution < -0.4 is 5.32 Å². The van der Waals surface area contributed by atoms with Gasteiger partial charge in [-0.2, -0.15) is 4.68 Å². The van der Waals surface area contributed by atoms with Gasteiger partial charge < -0.3 is 10.1 Å². The summed E-state index contributed by atoms with van der Waals surface area (Å²) < 4.78 is 7.23. The smallest absolute Gasteiger partial charge is 0.338 e. The molecule has 126 valence electrons. The number of ether oxygens (including phenoxy) is 1. The van der Waals surface area contributed by atoms with Crippen LogP contribution in [0.2, 0.25) is 0 Å². The van der Waals surface area contributed by atoms with Crippen molar-refractivity contribution >= 4 is 11.9 Å². The van der Waals surface area contributed by atoms with Crippen LogP contribution in [0.25, 0.3) is 0 Å². The molecule has 0 bridgehead atoms. The lowest BCUT2D eigenvalue weighted by atomic mass is 9.92. The van der Waals surface area contributed by atoms with E-state index in [1.54, 1.807) is 4.68 Å². The van der Waals surface area contributed by atoms with Crippen molar-refractivity contribution < 1.29 is 9.53 Å². The zero-order chi connectivity index (χ0) is 17.5. The van der Waals surface area contributed by atoms with Crippen LogP contribution in [0, 0.1) is 6.92 Å². The number of nitrogens with one attached hydrogen (secondary N) is 1. The molecule has 1 aromatic carbocycles. The summed E-state index contributed by atoms with van der Waals surface area (Å²) >= 11 is 0. The number of hydrogen-bond donors (Lipinski definition) is 1. The highest BCUT2D eigenvalue weighted by atomic mass is 16.6. The van der Waals surface area contributed by atoms with Crippen molar-refractivity contribution in [3.05, 3.63) is 46.7 Å². The van der Waals surface area contributed by atoms with E-state index in [4.69, 9.17) is 4.74 Å². The van der Waals surface area contributed by atoms with E-state index in [-0.39, 0.29) is 5.97 Å². The molecule has 24 heavy (non-hydrogen) atoms. The number of carbonyl (C=O) groups excluding carboxylic acids is 1. The minimum absolute atomic E-state index is 0.373. The van der Waals surface area contributed by atoms with Crippen molar-refractivity contribution in [1.29, 1.82) is 0 Å². The predicted molar refractivity (Wildman–Crippen MR) is 89.3 cm³/mol. The molecule has 1 unspecified atom stereocenters. The minimum atomic E-state index is -0.582. The Balaban J connectivity index is 2.14. The van der Waals surface area contributed by atoms with Gasteiger partial charge in [0, 0.05) is 5.70 Å². The van der Waals surface area contributed by atoms with Gasteiger partial charge in [0.1, 0.15) is 11.6 Å². The van der Waals surface area contributed by atoms with Gasteiger partial charge in [0.2, 0.25) is 5.95 Å². The summed E-state index contributed by atoms with van der Waals surface area (Å²) in [5.74, 6) is 0.134. The van der Waals surface area contributed by atoms with Crippen LogP contribution in [-0.4, -0.2) is 31.8 Å². The maximum absolute atomic E-state index is 12.8. The molecular weight excluding hydrogens is 306 g/mol. The number of aromatic nitrogens is 4. The average Bonchev–Trinajstić information content (AvgIpc) is 2.92. The number of rotatable bonds is 2. The zero-order valence-electron chi connectivity index (χ0n) is 14.5. The molecule has 1 N–H and O–H groups in total. The fourth-order valence-electron chi connectivity index (χ4n) is 2.79. The van der Waals surface area contributed by atoms with Crippen LogP contribution in [0.15, 0.2) is 35.5 Å². The van der Waals surface area contributed by atoms with Crippen molar-refractivity contribution in [3.63, 3.8) is 0 Å². The zero-order valence-corrected chi connectivity index (χ0v) is 14.5. The van der Waals surface area contributed by atoms with Crippen molar-refractivity contribution in [3.8, 4) is 0 Å². The summed E-state index contributed by atoms with van der Waals surface area (Å²) in [5, 5.41) is 14.9. The molecule has 0 radical (unpaired) electrons. The Kier molecular flexibility index (Phi) is 3.87. The number of esters is 1. The van der Waals surface area contributed by atoms with E-state index in [9.17, 15) is 4.79 Å². The van der Waals surface area contributed by atoms with Crippen molar-refractivity contribution in [2.75, 3.05) is 5.32 Å². The Labute approximate surface area is 140 Å². The summed E-state index contributed by atoms with van der Waals surface area (Å²) in [6.07, 6.45) is 0. The molecular formula is C17H21N5O2. The number of benzene rings is 1. The standard InChI is InChI=1S/C17H21N5O2/c1-10-8-6-7-9-12(10)14-13(15(23)24-17(3,4)5)11(2)18-16-19-20-21-22(14)16/h6-9,14H,1-5H3,(H,18,19,21). The molecule has 2 heterocycles. The monoisotopic (exact) mass is 327 g/mol. The van der Waals surface area contributed by atoms with E-state index in [1.165, 1.54) is 0 Å². The Hall–Kier alpha value is -2.70. The van der Waals surface area contributed by atoms with Crippen LogP contribution in [-0.2, 0) is 9.53 Å². The normalized spacial score (nSPS) is 17.3. The molecule has 7 nitrogen and oxygen atoms in total. The van der Waals surface area contributed by atoms with Gasteiger partial charge >= 0.3 is 5.97 Å². The van der Waals surface area contributed by atoms with Crippen molar-refractivity contribution in [2.45, 2.75) is 46.3 Å². The Morgan fingerprint density at radius 3 is 2.62 bits per heavy atom. The molecule has 0 amide bonds. The molecule has 0 fully saturated rings. The van der Waals surface area contributed by atoms with Gasteiger partial charge in [-0.3, -0.25) is 0 Å². The largest absolute Gasteiger partial charge is 0.456 e. The van der Waals surface area contributed by atoms with Gasteiger partial charge in [-0.1, -0.05) is 29.4 Å². The number of aryl methyl sites for hydroxylation is 1. The third-order valence-electron chi connectivity index (χ3n) is 3.82. The van der Waals surface area contributed by atoms with Crippen molar-refractivity contribution in [2.24, 2.45) is 0 Å². The van der Waals surface area contributed by atoms with E-state index in [1.807, 2.05) is 58.9 Å². The SMILES string of the molecule is CC1=C(C(=O)OC(C)(C)C)C(c2ccccc2C)n2nnnc2N1. The molecule has 0 saturated carbocycles. The summed E-state index contributed by atoms with van der Waals surface area (Å²) in [5.41, 5.74) is 2.65. The van der Waals surface area contributed by atoms with Crippen LogP contribution >= 0.6 is 0 Å². The van der Waals surface area contributed by atoms with E-state index in [0.29, 0.717) is 17.2 Å². The molecule has 1 aromatic heterocycles. The van der Waals surface area contributed by atoms with Gasteiger partial charge in [-0.15, -0.1) is 0 Å². The Morgan fingerprint density at radius 1 is 1.25 bits per heavy atom. The number of nitrogens with zero attached hydrogens (tertiary/aromatic N) is 4. The third-order valence-corrected chi connectivity index (χ3v) is 3.82. The number of anilines is 1. The number of fused-ring (bicyclic) bond motifs is 1. The van der Waals surface area contributed by atoms with Crippen LogP contribution in [0.1, 0.15) is 44.9 Å². The molecule has 3 rings (SSSR count). The molecule has 1 aliphatic heterocycles. The molecule has 1 atom stereocenters. The Bertz CT molecular complexity index is 816. The second-order valence-corrected chi connectivity index (χ2v) is 6.87. The number of hydrogen-bond acceptors (Lipinski definition) is 6. The second kappa shape index (κ2) is 5.74. The Morgan fingerprint density at radius 2 is 1.96 bits per heavy atom. The lowest BCUT2D eigenvalue weighted by Gasteiger charge is -2.30. The van der Waals surface area contributed by atoms with Gasteiger partial charge in [-0.25, -0.2) is 4.79 Å². The average molecular weight is 327 g/mol. The molecule has 7 heteroatoms. The highest BCUT2D eigenvalue weighted by Gasteiger charge is 2.36. The molecule has 2 aromatic rings. The van der Waals surface area contributed by atoms with Gasteiger partial charge in [0.25, 0.3) is 0 Å². The lowest BCUT2D eigenvalue weighted by Crippen LogP contribution is -2.33. The highest BCUT2D eigenvalue weighted by molar-refractivity contribution is 5.92. The fourth-order valence-corrected chi connectivity index (χ4v) is 2.79. The molecule has 0 spiro atoms. The van der Waals surface area contributed by atoms with Gasteiger partial charge in [-0.05, 0) is 56.2 Å². The quantitative estimate of drug-likeness (QED) is 0.854. The first-order chi connectivity index (χ1) is 11.3. The first-order valence-corrected chi connectivity index (χ1v) is 7.82. The fraction of sp³-hybridized carbons (Fsp3) is 0.412. The summed E-state index contributed by atoms with van der Waals surface area (Å²) in [4.78, 5) is 12.8. The maximum atomic E-state index is 12.8. The lowest BCUT2D eigenvalue weighted by molar-refractivity contribution is -0.150. The summed E-state index contributed by atoms with van der Waals surface area (Å²) in [6, 6.07) is 7.46. The number of tetrazole rings is 1. The second-order valence-electron chi connectivity index (χ2n) is 6.87. The first-order valence-electron chi connectivity index (χ1n) is 7.82. The van der Waals surface area contributed by atoms with E-state index in [2.05, 4.69) is 20.8 Å². The highest BCUT2D eigenvalue weighted by Crippen LogP contribution is 2.36. The van der Waals surface area contributed by atoms with Crippen molar-refractivity contribution in [1.82, 2.24) is 20.2 Å². The van der Waals surface area contributed by atoms with Crippen LogP contribution in [0.4, 0.5) is 5.95 Å². The van der Waals surface area contributed by atoms with E-state index >= 15 is 0 Å². The van der Waals surface area contributed by atoms with Gasteiger partial charge in [0.15, 0.2) is 0 Å². The van der Waals surface area contributed by atoms with Crippen LogP contribution in [0.3, 0.4) is 0 Å². The molecule has 0 saturated heterocycles. The summed E-state index contributed by atoms with van der Waals surface area (Å²) in [6.45, 7) is 9.39.